The maximum Gasteiger partial charge on any atom is 0.161 e. The molecule has 5 nitrogen and oxygen atoms in total. The molecule has 7 heteroatoms. The highest BCUT2D eigenvalue weighted by atomic mass is 35.5. The molecule has 0 saturated heterocycles. The molecule has 1 N–H and O–H groups in total. The molecule has 2 aromatic carbocycles. The fourth-order valence-electron chi connectivity index (χ4n) is 1.95. The number of ether oxygens (including phenoxy) is 3. The molecule has 128 valence electrons. The number of oxime groups is 1. The van der Waals surface area contributed by atoms with Crippen LogP contribution in [0.25, 0.3) is 0 Å². The summed E-state index contributed by atoms with van der Waals surface area (Å²) in [6.07, 6.45) is 1.32. The lowest BCUT2D eigenvalue weighted by atomic mass is 10.2. The molecule has 0 heterocycles. The molecule has 2 aromatic rings. The Morgan fingerprint density at radius 3 is 2.33 bits per heavy atom. The molecule has 0 aliphatic heterocycles. The van der Waals surface area contributed by atoms with Crippen LogP contribution in [0.1, 0.15) is 12.5 Å². The summed E-state index contributed by atoms with van der Waals surface area (Å²) in [6.45, 7) is 2.99. The average Bonchev–Trinajstić information content (AvgIpc) is 2.55. The topological polar surface area (TPSA) is 60.3 Å². The fraction of sp³-hybridized carbons (Fsp3) is 0.235. The predicted octanol–water partition coefficient (Wildman–Crippen LogP) is 4.66. The number of hydrogen-bond acceptors (Lipinski definition) is 5. The van der Waals surface area contributed by atoms with E-state index in [-0.39, 0.29) is 0 Å². The molecule has 0 spiro atoms. The van der Waals surface area contributed by atoms with E-state index in [1.165, 1.54) is 6.21 Å². The van der Waals surface area contributed by atoms with E-state index in [0.717, 1.165) is 0 Å². The number of hydrogen-bond donors (Lipinski definition) is 1. The van der Waals surface area contributed by atoms with E-state index >= 15 is 0 Å². The van der Waals surface area contributed by atoms with Crippen molar-refractivity contribution in [2.45, 2.75) is 6.92 Å². The van der Waals surface area contributed by atoms with Gasteiger partial charge in [0.2, 0.25) is 0 Å². The highest BCUT2D eigenvalue weighted by molar-refractivity contribution is 6.35. The van der Waals surface area contributed by atoms with E-state index in [9.17, 15) is 0 Å². The second-order valence-electron chi connectivity index (χ2n) is 4.66. The minimum absolute atomic E-state index is 0.312. The molecule has 0 bridgehead atoms. The molecule has 0 amide bonds. The monoisotopic (exact) mass is 369 g/mol. The summed E-state index contributed by atoms with van der Waals surface area (Å²) in [6, 6.07) is 10.3. The average molecular weight is 370 g/mol. The van der Waals surface area contributed by atoms with Crippen LogP contribution in [0.15, 0.2) is 41.6 Å². The van der Waals surface area contributed by atoms with E-state index in [0.29, 0.717) is 52.7 Å². The first kappa shape index (κ1) is 18.2. The standard InChI is InChI=1S/C17H17Cl2NO4/c1-2-22-17-9-12(11-20-21)3-5-16(17)24-8-7-23-15-6-4-13(18)10-14(15)19/h3-6,9-11,21H,2,7-8H2,1H3. The third-order valence-corrected chi connectivity index (χ3v) is 3.50. The van der Waals surface area contributed by atoms with Crippen molar-refractivity contribution in [2.24, 2.45) is 5.16 Å². The van der Waals surface area contributed by atoms with Crippen molar-refractivity contribution in [1.29, 1.82) is 0 Å². The quantitative estimate of drug-likeness (QED) is 0.318. The van der Waals surface area contributed by atoms with Crippen LogP contribution in [0.4, 0.5) is 0 Å². The van der Waals surface area contributed by atoms with Crippen LogP contribution < -0.4 is 14.2 Å². The Hall–Kier alpha value is -2.11. The maximum atomic E-state index is 8.59. The van der Waals surface area contributed by atoms with Crippen LogP contribution >= 0.6 is 23.2 Å². The number of halogens is 2. The van der Waals surface area contributed by atoms with Gasteiger partial charge in [-0.3, -0.25) is 0 Å². The summed E-state index contributed by atoms with van der Waals surface area (Å²) >= 11 is 11.9. The van der Waals surface area contributed by atoms with Gasteiger partial charge in [-0.1, -0.05) is 28.4 Å². The molecule has 0 fully saturated rings. The zero-order valence-electron chi connectivity index (χ0n) is 13.0. The van der Waals surface area contributed by atoms with Crippen LogP contribution in [0.3, 0.4) is 0 Å². The molecule has 0 aromatic heterocycles. The molecule has 2 rings (SSSR count). The summed E-state index contributed by atoms with van der Waals surface area (Å²) in [4.78, 5) is 0. The summed E-state index contributed by atoms with van der Waals surface area (Å²) in [5.41, 5.74) is 0.706. The van der Waals surface area contributed by atoms with E-state index in [1.54, 1.807) is 36.4 Å². The second-order valence-corrected chi connectivity index (χ2v) is 5.50. The summed E-state index contributed by atoms with van der Waals surface area (Å²) in [5.74, 6) is 1.70. The van der Waals surface area contributed by atoms with Crippen LogP contribution in [0.2, 0.25) is 10.0 Å². The van der Waals surface area contributed by atoms with Gasteiger partial charge in [-0.2, -0.15) is 0 Å². The van der Waals surface area contributed by atoms with Crippen LogP contribution in [-0.2, 0) is 0 Å². The lowest BCUT2D eigenvalue weighted by Gasteiger charge is -2.13. The highest BCUT2D eigenvalue weighted by Crippen LogP contribution is 2.29. The zero-order valence-corrected chi connectivity index (χ0v) is 14.5. The normalized spacial score (nSPS) is 10.8. The Labute approximate surface area is 150 Å². The van der Waals surface area contributed by atoms with Gasteiger partial charge in [0.1, 0.15) is 19.0 Å². The first-order chi connectivity index (χ1) is 11.6. The van der Waals surface area contributed by atoms with Gasteiger partial charge in [0.25, 0.3) is 0 Å². The van der Waals surface area contributed by atoms with Gasteiger partial charge in [-0.15, -0.1) is 0 Å². The molecule has 0 aliphatic rings. The second kappa shape index (κ2) is 9.25. The molecular formula is C17H17Cl2NO4. The largest absolute Gasteiger partial charge is 0.490 e. The minimum Gasteiger partial charge on any atom is -0.490 e. The van der Waals surface area contributed by atoms with Crippen molar-refractivity contribution in [3.05, 3.63) is 52.0 Å². The van der Waals surface area contributed by atoms with Gasteiger partial charge in [0, 0.05) is 10.6 Å². The summed E-state index contributed by atoms with van der Waals surface area (Å²) in [5, 5.41) is 12.6. The van der Waals surface area contributed by atoms with Crippen molar-refractivity contribution in [1.82, 2.24) is 0 Å². The number of rotatable bonds is 8. The smallest absolute Gasteiger partial charge is 0.161 e. The number of benzene rings is 2. The molecule has 0 atom stereocenters. The first-order valence-corrected chi connectivity index (χ1v) is 8.04. The van der Waals surface area contributed by atoms with E-state index in [1.807, 2.05) is 6.92 Å². The Kier molecular flexibility index (Phi) is 7.03. The Bertz CT molecular complexity index is 707. The molecule has 0 radical (unpaired) electrons. The van der Waals surface area contributed by atoms with Crippen molar-refractivity contribution in [2.75, 3.05) is 19.8 Å². The minimum atomic E-state index is 0.312. The fourth-order valence-corrected chi connectivity index (χ4v) is 2.42. The van der Waals surface area contributed by atoms with Gasteiger partial charge < -0.3 is 19.4 Å². The van der Waals surface area contributed by atoms with Gasteiger partial charge >= 0.3 is 0 Å². The summed E-state index contributed by atoms with van der Waals surface area (Å²) in [7, 11) is 0. The maximum absolute atomic E-state index is 8.59. The van der Waals surface area contributed by atoms with E-state index in [2.05, 4.69) is 5.16 Å². The van der Waals surface area contributed by atoms with Crippen LogP contribution in [-0.4, -0.2) is 31.2 Å². The predicted molar refractivity (Wildman–Crippen MR) is 94.4 cm³/mol. The first-order valence-electron chi connectivity index (χ1n) is 7.29. The highest BCUT2D eigenvalue weighted by Gasteiger charge is 2.07. The van der Waals surface area contributed by atoms with Gasteiger partial charge in [-0.25, -0.2) is 0 Å². The molecule has 0 aliphatic carbocycles. The Morgan fingerprint density at radius 2 is 1.67 bits per heavy atom. The summed E-state index contributed by atoms with van der Waals surface area (Å²) < 4.78 is 16.8. The Morgan fingerprint density at radius 1 is 0.958 bits per heavy atom. The molecular weight excluding hydrogens is 353 g/mol. The third-order valence-electron chi connectivity index (χ3n) is 2.97. The van der Waals surface area contributed by atoms with Crippen molar-refractivity contribution < 1.29 is 19.4 Å². The lowest BCUT2D eigenvalue weighted by molar-refractivity contribution is 0.208. The Balaban J connectivity index is 1.93. The third kappa shape index (κ3) is 5.22. The van der Waals surface area contributed by atoms with Crippen LogP contribution in [0, 0.1) is 0 Å². The van der Waals surface area contributed by atoms with Crippen molar-refractivity contribution in [3.8, 4) is 17.2 Å². The SMILES string of the molecule is CCOc1cc(C=NO)ccc1OCCOc1ccc(Cl)cc1Cl. The molecule has 0 unspecified atom stereocenters. The molecule has 24 heavy (non-hydrogen) atoms. The zero-order chi connectivity index (χ0) is 17.4. The number of nitrogens with zero attached hydrogens (tertiary/aromatic N) is 1. The lowest BCUT2D eigenvalue weighted by Crippen LogP contribution is -2.10. The van der Waals surface area contributed by atoms with Gasteiger partial charge in [0.15, 0.2) is 11.5 Å². The van der Waals surface area contributed by atoms with E-state index in [4.69, 9.17) is 42.6 Å². The van der Waals surface area contributed by atoms with E-state index < -0.39 is 0 Å². The van der Waals surface area contributed by atoms with Gasteiger partial charge in [0.05, 0.1) is 17.8 Å². The van der Waals surface area contributed by atoms with Crippen LogP contribution in [0.5, 0.6) is 17.2 Å². The van der Waals surface area contributed by atoms with Crippen molar-refractivity contribution >= 4 is 29.4 Å². The van der Waals surface area contributed by atoms with Gasteiger partial charge in [-0.05, 0) is 43.3 Å². The molecule has 0 saturated carbocycles. The van der Waals surface area contributed by atoms with Crippen molar-refractivity contribution in [3.63, 3.8) is 0 Å².